The SMILES string of the molecule is CCOC(=O)NC(=O)NC(=O)N1CCOCC1. The molecule has 0 aliphatic carbocycles. The second-order valence-corrected chi connectivity index (χ2v) is 3.20. The number of imide groups is 2. The van der Waals surface area contributed by atoms with Gasteiger partial charge in [0.15, 0.2) is 0 Å². The van der Waals surface area contributed by atoms with E-state index in [1.807, 2.05) is 10.6 Å². The number of ether oxygens (including phenoxy) is 2. The van der Waals surface area contributed by atoms with Gasteiger partial charge in [0, 0.05) is 13.1 Å². The van der Waals surface area contributed by atoms with E-state index in [0.29, 0.717) is 26.3 Å². The summed E-state index contributed by atoms with van der Waals surface area (Å²) in [5.74, 6) is 0. The van der Waals surface area contributed by atoms with Gasteiger partial charge < -0.3 is 14.4 Å². The Kier molecular flexibility index (Phi) is 5.21. The summed E-state index contributed by atoms with van der Waals surface area (Å²) >= 11 is 0. The molecule has 1 heterocycles. The first-order chi connectivity index (χ1) is 8.13. The van der Waals surface area contributed by atoms with Gasteiger partial charge in [-0.05, 0) is 6.92 Å². The van der Waals surface area contributed by atoms with E-state index in [2.05, 4.69) is 4.74 Å². The van der Waals surface area contributed by atoms with Crippen molar-refractivity contribution < 1.29 is 23.9 Å². The second kappa shape index (κ2) is 6.69. The topological polar surface area (TPSA) is 97.0 Å². The minimum atomic E-state index is -0.903. The molecular weight excluding hydrogens is 230 g/mol. The minimum absolute atomic E-state index is 0.149. The highest BCUT2D eigenvalue weighted by Gasteiger charge is 2.19. The number of carbonyl (C=O) groups is 3. The molecule has 0 saturated carbocycles. The zero-order valence-electron chi connectivity index (χ0n) is 9.52. The molecule has 0 aromatic carbocycles. The molecule has 0 unspecified atom stereocenters. The van der Waals surface area contributed by atoms with Gasteiger partial charge in [-0.15, -0.1) is 0 Å². The fourth-order valence-corrected chi connectivity index (χ4v) is 1.23. The molecule has 96 valence electrons. The van der Waals surface area contributed by atoms with E-state index in [4.69, 9.17) is 4.74 Å². The molecule has 1 fully saturated rings. The highest BCUT2D eigenvalue weighted by atomic mass is 16.5. The Bertz CT molecular complexity index is 301. The average molecular weight is 245 g/mol. The Morgan fingerprint density at radius 2 is 1.88 bits per heavy atom. The molecule has 1 rings (SSSR count). The summed E-state index contributed by atoms with van der Waals surface area (Å²) in [6, 6.07) is -1.46. The first-order valence-electron chi connectivity index (χ1n) is 5.25. The lowest BCUT2D eigenvalue weighted by molar-refractivity contribution is 0.0538. The van der Waals surface area contributed by atoms with Crippen molar-refractivity contribution in [2.75, 3.05) is 32.9 Å². The normalized spacial score (nSPS) is 15.0. The number of urea groups is 2. The van der Waals surface area contributed by atoms with Crippen LogP contribution >= 0.6 is 0 Å². The van der Waals surface area contributed by atoms with Crippen molar-refractivity contribution in [2.45, 2.75) is 6.92 Å². The minimum Gasteiger partial charge on any atom is -0.450 e. The van der Waals surface area contributed by atoms with Gasteiger partial charge in [-0.25, -0.2) is 19.7 Å². The molecule has 0 aromatic heterocycles. The highest BCUT2D eigenvalue weighted by Crippen LogP contribution is 1.96. The van der Waals surface area contributed by atoms with E-state index in [1.54, 1.807) is 6.92 Å². The van der Waals surface area contributed by atoms with Crippen molar-refractivity contribution in [3.63, 3.8) is 0 Å². The quantitative estimate of drug-likeness (QED) is 0.672. The lowest BCUT2D eigenvalue weighted by atomic mass is 10.4. The van der Waals surface area contributed by atoms with Gasteiger partial charge in [0.2, 0.25) is 0 Å². The molecule has 1 aliphatic heterocycles. The van der Waals surface area contributed by atoms with Crippen LogP contribution < -0.4 is 10.6 Å². The van der Waals surface area contributed by atoms with Crippen LogP contribution in [0, 0.1) is 0 Å². The van der Waals surface area contributed by atoms with E-state index >= 15 is 0 Å². The maximum absolute atomic E-state index is 11.5. The summed E-state index contributed by atoms with van der Waals surface area (Å²) in [6.07, 6.45) is -0.889. The summed E-state index contributed by atoms with van der Waals surface area (Å²) in [5.41, 5.74) is 0. The lowest BCUT2D eigenvalue weighted by Crippen LogP contribution is -2.51. The van der Waals surface area contributed by atoms with Crippen LogP contribution in [-0.2, 0) is 9.47 Å². The fourth-order valence-electron chi connectivity index (χ4n) is 1.23. The lowest BCUT2D eigenvalue weighted by Gasteiger charge is -2.26. The molecule has 8 nitrogen and oxygen atoms in total. The summed E-state index contributed by atoms with van der Waals surface area (Å²) in [6.45, 7) is 3.46. The summed E-state index contributed by atoms with van der Waals surface area (Å²) in [7, 11) is 0. The van der Waals surface area contributed by atoms with Crippen molar-refractivity contribution in [3.8, 4) is 0 Å². The number of rotatable bonds is 1. The fraction of sp³-hybridized carbons (Fsp3) is 0.667. The van der Waals surface area contributed by atoms with Gasteiger partial charge in [0.05, 0.1) is 19.8 Å². The van der Waals surface area contributed by atoms with Gasteiger partial charge in [0.1, 0.15) is 0 Å². The van der Waals surface area contributed by atoms with Gasteiger partial charge in [-0.1, -0.05) is 0 Å². The van der Waals surface area contributed by atoms with Crippen LogP contribution in [0.15, 0.2) is 0 Å². The van der Waals surface area contributed by atoms with Crippen molar-refractivity contribution >= 4 is 18.2 Å². The summed E-state index contributed by atoms with van der Waals surface area (Å²) < 4.78 is 9.54. The Morgan fingerprint density at radius 3 is 2.47 bits per heavy atom. The molecule has 0 aromatic rings. The van der Waals surface area contributed by atoms with Crippen LogP contribution in [0.5, 0.6) is 0 Å². The monoisotopic (exact) mass is 245 g/mol. The molecule has 0 atom stereocenters. The van der Waals surface area contributed by atoms with Gasteiger partial charge in [-0.2, -0.15) is 0 Å². The van der Waals surface area contributed by atoms with Crippen molar-refractivity contribution in [1.82, 2.24) is 15.5 Å². The number of nitrogens with zero attached hydrogens (tertiary/aromatic N) is 1. The molecule has 17 heavy (non-hydrogen) atoms. The molecule has 8 heteroatoms. The molecule has 2 N–H and O–H groups in total. The smallest absolute Gasteiger partial charge is 0.415 e. The first kappa shape index (κ1) is 13.2. The van der Waals surface area contributed by atoms with Crippen molar-refractivity contribution in [3.05, 3.63) is 0 Å². The van der Waals surface area contributed by atoms with E-state index in [0.717, 1.165) is 0 Å². The number of carbonyl (C=O) groups excluding carboxylic acids is 3. The van der Waals surface area contributed by atoms with Crippen LogP contribution in [0.25, 0.3) is 0 Å². The highest BCUT2D eigenvalue weighted by molar-refractivity contribution is 5.99. The van der Waals surface area contributed by atoms with Crippen LogP contribution in [-0.4, -0.2) is 56.0 Å². The van der Waals surface area contributed by atoms with Crippen LogP contribution in [0.3, 0.4) is 0 Å². The van der Waals surface area contributed by atoms with Crippen LogP contribution in [0.4, 0.5) is 14.4 Å². The number of hydrogen-bond acceptors (Lipinski definition) is 5. The molecule has 5 amide bonds. The zero-order valence-corrected chi connectivity index (χ0v) is 9.52. The van der Waals surface area contributed by atoms with E-state index in [-0.39, 0.29) is 6.61 Å². The maximum Gasteiger partial charge on any atom is 0.415 e. The van der Waals surface area contributed by atoms with Crippen LogP contribution in [0.1, 0.15) is 6.92 Å². The average Bonchev–Trinajstić information content (AvgIpc) is 2.30. The number of nitrogens with one attached hydrogen (secondary N) is 2. The largest absolute Gasteiger partial charge is 0.450 e. The molecule has 1 aliphatic rings. The Hall–Kier alpha value is -1.83. The Labute approximate surface area is 98.2 Å². The van der Waals surface area contributed by atoms with Gasteiger partial charge in [-0.3, -0.25) is 5.32 Å². The van der Waals surface area contributed by atoms with Gasteiger partial charge in [0.25, 0.3) is 0 Å². The molecular formula is C9H15N3O5. The molecule has 0 spiro atoms. The number of amides is 5. The maximum atomic E-state index is 11.5. The summed E-state index contributed by atoms with van der Waals surface area (Å²) in [5, 5.41) is 3.88. The standard InChI is InChI=1S/C9H15N3O5/c1-2-17-9(15)11-7(13)10-8(14)12-3-5-16-6-4-12/h2-6H2,1H3,(H2,10,11,13,14,15). The third kappa shape index (κ3) is 4.68. The zero-order chi connectivity index (χ0) is 12.7. The van der Waals surface area contributed by atoms with Crippen molar-refractivity contribution in [1.29, 1.82) is 0 Å². The van der Waals surface area contributed by atoms with E-state index in [9.17, 15) is 14.4 Å². The van der Waals surface area contributed by atoms with Crippen molar-refractivity contribution in [2.24, 2.45) is 0 Å². The van der Waals surface area contributed by atoms with Gasteiger partial charge >= 0.3 is 18.2 Å². The van der Waals surface area contributed by atoms with E-state index in [1.165, 1.54) is 4.90 Å². The summed E-state index contributed by atoms with van der Waals surface area (Å²) in [4.78, 5) is 35.0. The third-order valence-electron chi connectivity index (χ3n) is 2.01. The third-order valence-corrected chi connectivity index (χ3v) is 2.01. The number of hydrogen-bond donors (Lipinski definition) is 2. The Morgan fingerprint density at radius 1 is 1.24 bits per heavy atom. The van der Waals surface area contributed by atoms with Crippen LogP contribution in [0.2, 0.25) is 0 Å². The Balaban J connectivity index is 2.29. The second-order valence-electron chi connectivity index (χ2n) is 3.20. The number of morpholine rings is 1. The molecule has 0 bridgehead atoms. The predicted octanol–water partition coefficient (Wildman–Crippen LogP) is -0.106. The number of alkyl carbamates (subject to hydrolysis) is 1. The first-order valence-corrected chi connectivity index (χ1v) is 5.25. The van der Waals surface area contributed by atoms with E-state index < -0.39 is 18.2 Å². The molecule has 0 radical (unpaired) electrons. The molecule has 1 saturated heterocycles. The predicted molar refractivity (Wildman–Crippen MR) is 56.5 cm³/mol.